The van der Waals surface area contributed by atoms with E-state index in [-0.39, 0.29) is 10.8 Å². The molecule has 16 aromatic carbocycles. The van der Waals surface area contributed by atoms with Crippen LogP contribution in [0.25, 0.3) is 122 Å². The highest BCUT2D eigenvalue weighted by molar-refractivity contribution is 6.16. The molecule has 0 amide bonds. The minimum atomic E-state index is -0.417. The van der Waals surface area contributed by atoms with Crippen LogP contribution in [0.4, 0.5) is 34.1 Å². The van der Waals surface area contributed by atoms with Gasteiger partial charge in [-0.1, -0.05) is 326 Å². The fraction of sp³-hybridized carbons (Fsp3) is 0.0857. The molecule has 0 spiro atoms. The van der Waals surface area contributed by atoms with Crippen LogP contribution in [-0.2, 0) is 22.7 Å². The predicted molar refractivity (Wildman–Crippen MR) is 453 cm³/mol. The van der Waals surface area contributed by atoms with Crippen LogP contribution in [0.2, 0.25) is 0 Å². The SMILES string of the molecule is CC1(C)c2ccccc2-c2ccc(-c3ccc(N(c4ccc(-c5ccc6c(c5)C(C)(Cc5ccc(-c7ccc(N(c8ccc(-c9ccccc9)cc8)c8ccc(-c9ccccc9)cc8)cc7)c7oc8c9c(ccc8c57)C(C)(C)c5ccccc5-9)c5ccccc5-6)cc4)c4ccccc4-c4ccccc4)cc3)cc21. The lowest BCUT2D eigenvalue weighted by atomic mass is 9.74. The first kappa shape index (κ1) is 64.5. The van der Waals surface area contributed by atoms with Crippen molar-refractivity contribution in [2.75, 3.05) is 9.80 Å². The van der Waals surface area contributed by atoms with E-state index in [0.29, 0.717) is 0 Å². The first-order chi connectivity index (χ1) is 52.9. The highest BCUT2D eigenvalue weighted by Crippen LogP contribution is 2.57. The molecule has 3 nitrogen and oxygen atoms in total. The van der Waals surface area contributed by atoms with Gasteiger partial charge in [-0.15, -0.1) is 0 Å². The number of hydrogen-bond acceptors (Lipinski definition) is 3. The highest BCUT2D eigenvalue weighted by Gasteiger charge is 2.42. The van der Waals surface area contributed by atoms with Gasteiger partial charge in [-0.2, -0.15) is 0 Å². The van der Waals surface area contributed by atoms with E-state index in [9.17, 15) is 0 Å². The Morgan fingerprint density at radius 1 is 0.241 bits per heavy atom. The zero-order chi connectivity index (χ0) is 72.4. The van der Waals surface area contributed by atoms with Crippen molar-refractivity contribution in [2.45, 2.75) is 57.3 Å². The molecule has 108 heavy (non-hydrogen) atoms. The third kappa shape index (κ3) is 10.5. The van der Waals surface area contributed by atoms with E-state index in [1.54, 1.807) is 0 Å². The molecule has 514 valence electrons. The number of para-hydroxylation sites is 1. The molecule has 1 aromatic heterocycles. The lowest BCUT2D eigenvalue weighted by molar-refractivity contribution is 0.585. The van der Waals surface area contributed by atoms with Crippen LogP contribution in [0.3, 0.4) is 0 Å². The van der Waals surface area contributed by atoms with Gasteiger partial charge in [0, 0.05) is 72.1 Å². The molecule has 0 aliphatic heterocycles. The normalized spacial score (nSPS) is 14.6. The maximum atomic E-state index is 7.65. The molecule has 0 bridgehead atoms. The molecule has 17 aromatic rings. The molecule has 3 heteroatoms. The molecule has 0 saturated carbocycles. The smallest absolute Gasteiger partial charge is 0.143 e. The van der Waals surface area contributed by atoms with Gasteiger partial charge in [0.25, 0.3) is 0 Å². The molecule has 20 rings (SSSR count). The standard InChI is InChI=1S/C105H78N2O/c1-103(2)93-34-20-17-32-90(93)100-95(103)64-63-91-99-78(49-60-85(101(99)108-102(91)100)75-45-58-81(59-46-75)106(79-50-37-70(38-51-79)68-23-9-6-10-24-68)80-52-39-71(40-53-80)69-25-11-7-12-26-69)67-105(5)94-35-21-16-31-87(94)89-62-48-77(66-97(89)105)73-43-56-83(57-44-73)107(98-36-22-18-29-84(98)74-27-13-8-14-28-74)82-54-41-72(42-55-82)76-47-61-88-86-30-15-19-33-92(86)104(3,4)96(88)65-76/h6-66H,67H2,1-5H3. The second-order valence-corrected chi connectivity index (χ2v) is 30.9. The second kappa shape index (κ2) is 25.3. The maximum absolute atomic E-state index is 7.65. The summed E-state index contributed by atoms with van der Waals surface area (Å²) < 4.78 is 7.65. The molecule has 3 aliphatic carbocycles. The summed E-state index contributed by atoms with van der Waals surface area (Å²) in [5, 5.41) is 2.31. The van der Waals surface area contributed by atoms with Gasteiger partial charge in [0.15, 0.2) is 0 Å². The van der Waals surface area contributed by atoms with Crippen molar-refractivity contribution >= 4 is 56.1 Å². The minimum Gasteiger partial charge on any atom is -0.455 e. The molecule has 1 unspecified atom stereocenters. The second-order valence-electron chi connectivity index (χ2n) is 30.9. The van der Waals surface area contributed by atoms with E-state index in [1.807, 2.05) is 0 Å². The van der Waals surface area contributed by atoms with Crippen molar-refractivity contribution < 1.29 is 4.42 Å². The van der Waals surface area contributed by atoms with Crippen molar-refractivity contribution in [1.29, 1.82) is 0 Å². The summed E-state index contributed by atoms with van der Waals surface area (Å²) in [6.45, 7) is 11.9. The Kier molecular flexibility index (Phi) is 15.1. The van der Waals surface area contributed by atoms with Crippen LogP contribution >= 0.6 is 0 Å². The summed E-state index contributed by atoms with van der Waals surface area (Å²) in [6, 6.07) is 137. The number of benzene rings is 16. The minimum absolute atomic E-state index is 0.0834. The van der Waals surface area contributed by atoms with Crippen LogP contribution in [0.1, 0.15) is 73.6 Å². The van der Waals surface area contributed by atoms with Crippen LogP contribution in [0, 0.1) is 0 Å². The van der Waals surface area contributed by atoms with Crippen molar-refractivity contribution in [2.24, 2.45) is 0 Å². The van der Waals surface area contributed by atoms with Crippen LogP contribution in [-0.4, -0.2) is 0 Å². The zero-order valence-corrected chi connectivity index (χ0v) is 61.2. The molecular formula is C105H78N2O. The third-order valence-corrected chi connectivity index (χ3v) is 24.0. The van der Waals surface area contributed by atoms with E-state index in [2.05, 4.69) is 414 Å². The first-order valence-electron chi connectivity index (χ1n) is 37.9. The molecule has 1 heterocycles. The van der Waals surface area contributed by atoms with E-state index >= 15 is 0 Å². The highest BCUT2D eigenvalue weighted by atomic mass is 16.3. The Morgan fingerprint density at radius 3 is 1.15 bits per heavy atom. The maximum Gasteiger partial charge on any atom is 0.143 e. The number of fused-ring (bicyclic) bond motifs is 13. The monoisotopic (exact) mass is 1380 g/mol. The molecular weight excluding hydrogens is 1310 g/mol. The van der Waals surface area contributed by atoms with Gasteiger partial charge in [0.1, 0.15) is 11.2 Å². The van der Waals surface area contributed by atoms with Crippen LogP contribution < -0.4 is 9.80 Å². The van der Waals surface area contributed by atoms with Crippen molar-refractivity contribution in [3.05, 3.63) is 409 Å². The van der Waals surface area contributed by atoms with Gasteiger partial charge < -0.3 is 14.2 Å². The fourth-order valence-electron chi connectivity index (χ4n) is 18.4. The van der Waals surface area contributed by atoms with Crippen molar-refractivity contribution in [3.63, 3.8) is 0 Å². The Balaban J connectivity index is 0.675. The number of furan rings is 1. The molecule has 0 saturated heterocycles. The summed E-state index contributed by atoms with van der Waals surface area (Å²) >= 11 is 0. The topological polar surface area (TPSA) is 19.6 Å². The van der Waals surface area contributed by atoms with Gasteiger partial charge in [-0.25, -0.2) is 0 Å². The average molecular weight is 1380 g/mol. The zero-order valence-electron chi connectivity index (χ0n) is 61.2. The largest absolute Gasteiger partial charge is 0.455 e. The molecule has 0 radical (unpaired) electrons. The summed E-state index contributed by atoms with van der Waals surface area (Å²) in [5.41, 5.74) is 38.6. The Morgan fingerprint density at radius 2 is 0.602 bits per heavy atom. The Labute approximate surface area is 632 Å². The number of nitrogens with zero attached hydrogens (tertiary/aromatic N) is 2. The third-order valence-electron chi connectivity index (χ3n) is 24.0. The molecule has 0 fully saturated rings. The Bertz CT molecular complexity index is 6270. The van der Waals surface area contributed by atoms with E-state index in [0.717, 1.165) is 79.4 Å². The lowest BCUT2D eigenvalue weighted by Gasteiger charge is -2.29. The van der Waals surface area contributed by atoms with Crippen molar-refractivity contribution in [1.82, 2.24) is 0 Å². The van der Waals surface area contributed by atoms with E-state index in [1.165, 1.54) is 122 Å². The van der Waals surface area contributed by atoms with E-state index in [4.69, 9.17) is 4.42 Å². The van der Waals surface area contributed by atoms with Crippen molar-refractivity contribution in [3.8, 4) is 100 Å². The van der Waals surface area contributed by atoms with Crippen LogP contribution in [0.5, 0.6) is 0 Å². The van der Waals surface area contributed by atoms with Gasteiger partial charge in [-0.3, -0.25) is 0 Å². The quantitative estimate of drug-likeness (QED) is 0.108. The molecule has 1 atom stereocenters. The molecule has 3 aliphatic rings. The van der Waals surface area contributed by atoms with Gasteiger partial charge in [0.05, 0.1) is 5.69 Å². The van der Waals surface area contributed by atoms with Gasteiger partial charge in [0.2, 0.25) is 0 Å². The lowest BCUT2D eigenvalue weighted by Crippen LogP contribution is -2.24. The van der Waals surface area contributed by atoms with E-state index < -0.39 is 5.41 Å². The fourth-order valence-corrected chi connectivity index (χ4v) is 18.4. The molecule has 0 N–H and O–H groups in total. The average Bonchev–Trinajstić information content (AvgIpc) is 1.56. The number of hydrogen-bond donors (Lipinski definition) is 0. The Hall–Kier alpha value is -13.1. The summed E-state index contributed by atoms with van der Waals surface area (Å²) in [6.07, 6.45) is 0.747. The number of anilines is 6. The van der Waals surface area contributed by atoms with Crippen LogP contribution in [0.15, 0.2) is 374 Å². The summed E-state index contributed by atoms with van der Waals surface area (Å²) in [5.74, 6) is 0. The summed E-state index contributed by atoms with van der Waals surface area (Å²) in [4.78, 5) is 4.79. The first-order valence-corrected chi connectivity index (χ1v) is 37.9. The summed E-state index contributed by atoms with van der Waals surface area (Å²) in [7, 11) is 0. The predicted octanol–water partition coefficient (Wildman–Crippen LogP) is 28.7. The van der Waals surface area contributed by atoms with Gasteiger partial charge in [-0.05, 0) is 208 Å². The van der Waals surface area contributed by atoms with Gasteiger partial charge >= 0.3 is 0 Å². The number of rotatable bonds is 14.